The Bertz CT molecular complexity index is 621. The maximum Gasteiger partial charge on any atom is 0.252 e. The zero-order valence-electron chi connectivity index (χ0n) is 14.1. The summed E-state index contributed by atoms with van der Waals surface area (Å²) in [5.41, 5.74) is 1.95. The maximum absolute atomic E-state index is 12.7. The lowest BCUT2D eigenvalue weighted by Crippen LogP contribution is -2.27. The third-order valence-electron chi connectivity index (χ3n) is 4.81. The van der Waals surface area contributed by atoms with Crippen molar-refractivity contribution in [2.75, 3.05) is 23.3 Å². The summed E-state index contributed by atoms with van der Waals surface area (Å²) in [6.45, 7) is 1.75. The van der Waals surface area contributed by atoms with E-state index in [1.54, 1.807) is 11.3 Å². The number of Topliss-reactive ketones (excluding diaryl/α,β-unsaturated/α-hetero) is 1. The highest BCUT2D eigenvalue weighted by atomic mass is 127. The molecule has 1 aliphatic heterocycles. The number of amides is 1. The van der Waals surface area contributed by atoms with E-state index in [4.69, 9.17) is 0 Å². The number of carbonyl (C=O) groups excluding carboxylic acids is 2. The van der Waals surface area contributed by atoms with Gasteiger partial charge in [-0.05, 0) is 54.9 Å². The van der Waals surface area contributed by atoms with Crippen LogP contribution < -0.4 is 10.6 Å². The van der Waals surface area contributed by atoms with Gasteiger partial charge in [-0.1, -0.05) is 22.6 Å². The zero-order chi connectivity index (χ0) is 17.1. The van der Waals surface area contributed by atoms with Crippen molar-refractivity contribution in [3.8, 4) is 0 Å². The first-order valence-electron chi connectivity index (χ1n) is 8.79. The molecule has 1 aromatic rings. The Balaban J connectivity index is 0.000000815. The first-order chi connectivity index (χ1) is 11.7. The van der Waals surface area contributed by atoms with Crippen LogP contribution in [-0.2, 0) is 17.6 Å². The summed E-state index contributed by atoms with van der Waals surface area (Å²) in [5, 5.41) is 7.60. The monoisotopic (exact) mass is 460 g/mol. The van der Waals surface area contributed by atoms with Crippen LogP contribution >= 0.6 is 33.9 Å². The van der Waals surface area contributed by atoms with Crippen LogP contribution in [0.5, 0.6) is 0 Å². The van der Waals surface area contributed by atoms with Crippen LogP contribution in [0.15, 0.2) is 0 Å². The van der Waals surface area contributed by atoms with E-state index >= 15 is 0 Å². The highest BCUT2D eigenvalue weighted by Crippen LogP contribution is 2.39. The molecule has 3 aliphatic rings. The molecule has 2 fully saturated rings. The fraction of sp³-hybridized carbons (Fsp3) is 0.667. The lowest BCUT2D eigenvalue weighted by molar-refractivity contribution is -0.119. The van der Waals surface area contributed by atoms with Gasteiger partial charge in [0.2, 0.25) is 0 Å². The summed E-state index contributed by atoms with van der Waals surface area (Å²) in [5.74, 6) is 1.28. The lowest BCUT2D eigenvalue weighted by atomic mass is 10.00. The number of hydrogen-bond acceptors (Lipinski definition) is 4. The summed E-state index contributed by atoms with van der Waals surface area (Å²) >= 11 is 3.77. The number of thiophene rings is 1. The number of anilines is 1. The topological polar surface area (TPSA) is 58.2 Å². The number of halogens is 1. The molecular formula is C18H25IN2O2S. The average Bonchev–Trinajstić information content (AvgIpc) is 3.50. The van der Waals surface area contributed by atoms with Crippen molar-refractivity contribution in [3.05, 3.63) is 16.0 Å². The Morgan fingerprint density at radius 2 is 2.00 bits per heavy atom. The van der Waals surface area contributed by atoms with Crippen LogP contribution in [0.25, 0.3) is 0 Å². The molecule has 2 aliphatic carbocycles. The fourth-order valence-electron chi connectivity index (χ4n) is 3.11. The summed E-state index contributed by atoms with van der Waals surface area (Å²) < 4.78 is 0. The largest absolute Gasteiger partial charge is 0.377 e. The van der Waals surface area contributed by atoms with E-state index in [9.17, 15) is 9.59 Å². The molecule has 1 amide bonds. The summed E-state index contributed by atoms with van der Waals surface area (Å²) in [7, 11) is 0. The predicted octanol–water partition coefficient (Wildman–Crippen LogP) is 3.82. The third-order valence-corrected chi connectivity index (χ3v) is 6.00. The fourth-order valence-corrected chi connectivity index (χ4v) is 4.39. The van der Waals surface area contributed by atoms with Gasteiger partial charge in [0.25, 0.3) is 5.91 Å². The summed E-state index contributed by atoms with van der Waals surface area (Å²) in [4.78, 5) is 27.8. The van der Waals surface area contributed by atoms with Gasteiger partial charge in [0.1, 0.15) is 5.78 Å². The lowest BCUT2D eigenvalue weighted by Gasteiger charge is -2.15. The van der Waals surface area contributed by atoms with Crippen LogP contribution in [0.3, 0.4) is 0 Å². The maximum atomic E-state index is 12.7. The molecule has 4 rings (SSSR count). The van der Waals surface area contributed by atoms with E-state index in [1.165, 1.54) is 12.8 Å². The van der Waals surface area contributed by atoms with Crippen molar-refractivity contribution in [1.29, 1.82) is 0 Å². The first-order valence-corrected chi connectivity index (χ1v) is 11.8. The molecule has 132 valence electrons. The van der Waals surface area contributed by atoms with Crippen LogP contribution in [0.1, 0.15) is 52.9 Å². The Morgan fingerprint density at radius 3 is 2.67 bits per heavy atom. The van der Waals surface area contributed by atoms with Crippen molar-refractivity contribution in [2.24, 2.45) is 11.8 Å². The van der Waals surface area contributed by atoms with E-state index in [0.717, 1.165) is 59.8 Å². The Morgan fingerprint density at radius 1 is 1.25 bits per heavy atom. The zero-order valence-corrected chi connectivity index (χ0v) is 17.1. The second-order valence-electron chi connectivity index (χ2n) is 6.81. The van der Waals surface area contributed by atoms with Crippen LogP contribution in [0.2, 0.25) is 0 Å². The van der Waals surface area contributed by atoms with E-state index in [-0.39, 0.29) is 11.8 Å². The van der Waals surface area contributed by atoms with Crippen molar-refractivity contribution in [1.82, 2.24) is 5.32 Å². The standard InChI is InChI=1S/C17H22N2O2S.CH3I/c20-13(11-5-6-11)8-14-15(16(21)19-9-10-3-4-10)12-2-1-7-18-17(12)22-14;1-2/h10-11,18H,1-9H2,(H,19,21);1H3. The van der Waals surface area contributed by atoms with Gasteiger partial charge in [-0.25, -0.2) is 0 Å². The molecule has 0 unspecified atom stereocenters. The van der Waals surface area contributed by atoms with E-state index in [2.05, 4.69) is 33.2 Å². The highest BCUT2D eigenvalue weighted by Gasteiger charge is 2.33. The SMILES string of the molecule is CI.O=C(NCC1CC1)c1c(CC(=O)C2CC2)sc2c1CCCN2. The molecule has 0 saturated heterocycles. The van der Waals surface area contributed by atoms with Gasteiger partial charge in [-0.3, -0.25) is 9.59 Å². The number of fused-ring (bicyclic) bond motifs is 1. The molecule has 1 aromatic heterocycles. The molecule has 0 spiro atoms. The number of carbonyl (C=O) groups is 2. The number of rotatable bonds is 6. The molecular weight excluding hydrogens is 435 g/mol. The molecule has 0 bridgehead atoms. The molecule has 0 aromatic carbocycles. The number of nitrogens with one attached hydrogen (secondary N) is 2. The third kappa shape index (κ3) is 4.31. The van der Waals surface area contributed by atoms with E-state index in [0.29, 0.717) is 18.1 Å². The van der Waals surface area contributed by atoms with Crippen LogP contribution in [-0.4, -0.2) is 29.7 Å². The molecule has 6 heteroatoms. The summed E-state index contributed by atoms with van der Waals surface area (Å²) in [6.07, 6.45) is 6.98. The number of hydrogen-bond donors (Lipinski definition) is 2. The molecule has 24 heavy (non-hydrogen) atoms. The highest BCUT2D eigenvalue weighted by molar-refractivity contribution is 14.1. The van der Waals surface area contributed by atoms with Gasteiger partial charge >= 0.3 is 0 Å². The van der Waals surface area contributed by atoms with Crippen molar-refractivity contribution >= 4 is 50.6 Å². The second kappa shape index (κ2) is 8.17. The van der Waals surface area contributed by atoms with E-state index in [1.807, 2.05) is 4.93 Å². The minimum absolute atomic E-state index is 0.0340. The normalized spacial score (nSPS) is 18.8. The molecule has 0 atom stereocenters. The van der Waals surface area contributed by atoms with Crippen molar-refractivity contribution in [2.45, 2.75) is 44.9 Å². The average molecular weight is 460 g/mol. The predicted molar refractivity (Wildman–Crippen MR) is 108 cm³/mol. The van der Waals surface area contributed by atoms with Gasteiger partial charge in [-0.15, -0.1) is 11.3 Å². The van der Waals surface area contributed by atoms with Gasteiger partial charge in [0.15, 0.2) is 0 Å². The van der Waals surface area contributed by atoms with Gasteiger partial charge in [0, 0.05) is 30.3 Å². The van der Waals surface area contributed by atoms with Gasteiger partial charge < -0.3 is 10.6 Å². The van der Waals surface area contributed by atoms with Crippen molar-refractivity contribution in [3.63, 3.8) is 0 Å². The number of alkyl halides is 1. The molecule has 2 saturated carbocycles. The Hall–Kier alpha value is -0.630. The summed E-state index contributed by atoms with van der Waals surface area (Å²) in [6, 6.07) is 0. The van der Waals surface area contributed by atoms with E-state index < -0.39 is 0 Å². The quantitative estimate of drug-likeness (QED) is 0.502. The second-order valence-corrected chi connectivity index (χ2v) is 7.91. The van der Waals surface area contributed by atoms with Gasteiger partial charge in [-0.2, -0.15) is 0 Å². The van der Waals surface area contributed by atoms with Crippen LogP contribution in [0, 0.1) is 11.8 Å². The molecule has 2 heterocycles. The molecule has 0 radical (unpaired) electrons. The smallest absolute Gasteiger partial charge is 0.252 e. The minimum atomic E-state index is 0.0340. The number of ketones is 1. The molecule has 2 N–H and O–H groups in total. The minimum Gasteiger partial charge on any atom is -0.377 e. The first kappa shape index (κ1) is 18.2. The Kier molecular flexibility index (Phi) is 6.18. The Labute approximate surface area is 161 Å². The van der Waals surface area contributed by atoms with Crippen molar-refractivity contribution < 1.29 is 9.59 Å². The van der Waals surface area contributed by atoms with Gasteiger partial charge in [0.05, 0.1) is 10.6 Å². The molecule has 4 nitrogen and oxygen atoms in total. The van der Waals surface area contributed by atoms with Crippen LogP contribution in [0.4, 0.5) is 5.00 Å².